The van der Waals surface area contributed by atoms with E-state index in [0.29, 0.717) is 33.0 Å². The van der Waals surface area contributed by atoms with Crippen molar-refractivity contribution in [1.82, 2.24) is 25.4 Å². The minimum absolute atomic E-state index is 0.0401. The van der Waals surface area contributed by atoms with Crippen molar-refractivity contribution in [2.75, 3.05) is 0 Å². The number of rotatable bonds is 7. The Balaban J connectivity index is 1.34. The Labute approximate surface area is 291 Å². The van der Waals surface area contributed by atoms with Gasteiger partial charge in [0, 0.05) is 29.3 Å². The van der Waals surface area contributed by atoms with Gasteiger partial charge in [0.1, 0.15) is 41.1 Å². The summed E-state index contributed by atoms with van der Waals surface area (Å²) in [5.74, 6) is -0.282. The molecule has 0 saturated heterocycles. The number of alkyl halides is 5. The van der Waals surface area contributed by atoms with Crippen molar-refractivity contribution in [3.8, 4) is 34.8 Å². The monoisotopic (exact) mass is 721 g/mol. The molecule has 266 valence electrons. The fourth-order valence-electron chi connectivity index (χ4n) is 6.70. The maximum atomic E-state index is 15.4. The number of halogens is 7. The van der Waals surface area contributed by atoms with Crippen LogP contribution in [0.3, 0.4) is 0 Å². The van der Waals surface area contributed by atoms with E-state index in [2.05, 4.69) is 44.4 Å². The summed E-state index contributed by atoms with van der Waals surface area (Å²) in [4.78, 5) is 30.9. The van der Waals surface area contributed by atoms with E-state index in [-0.39, 0.29) is 35.8 Å². The van der Waals surface area contributed by atoms with Crippen LogP contribution >= 0.6 is 0 Å². The molecule has 8 nitrogen and oxygen atoms in total. The van der Waals surface area contributed by atoms with Crippen molar-refractivity contribution in [3.05, 3.63) is 105 Å². The van der Waals surface area contributed by atoms with Gasteiger partial charge >= 0.3 is 12.1 Å². The fraction of sp³-hybridized carbons (Fsp3) is 0.297. The molecule has 52 heavy (non-hydrogen) atoms. The van der Waals surface area contributed by atoms with Crippen LogP contribution in [-0.2, 0) is 36.4 Å². The molecular weight excluding hydrogens is 695 g/mol. The quantitative estimate of drug-likeness (QED) is 0.172. The molecule has 0 saturated carbocycles. The SMILES string of the molecule is CC(C)(O)C#Cc1ccc(-c2cccc3c2CNC3=O)c([C@H](Cc2cc(F)cc(F)c2)NC(=O)Cn2nc(C(F)(F)F)c3c2C(F)(F)[C@@H]2C#C[C@H]32)n1. The molecule has 2 aliphatic carbocycles. The highest BCUT2D eigenvalue weighted by atomic mass is 19.4. The van der Waals surface area contributed by atoms with Gasteiger partial charge in [-0.05, 0) is 73.2 Å². The van der Waals surface area contributed by atoms with E-state index >= 15 is 8.78 Å². The first-order valence-corrected chi connectivity index (χ1v) is 15.9. The normalized spacial score (nSPS) is 18.5. The first kappa shape index (κ1) is 34.8. The number of nitrogens with zero attached hydrogens (tertiary/aromatic N) is 3. The summed E-state index contributed by atoms with van der Waals surface area (Å²) in [5.41, 5.74) is -2.85. The molecule has 0 spiro atoms. The maximum Gasteiger partial charge on any atom is 0.435 e. The zero-order valence-corrected chi connectivity index (χ0v) is 27.2. The van der Waals surface area contributed by atoms with Gasteiger partial charge in [-0.25, -0.2) is 13.8 Å². The molecule has 0 radical (unpaired) electrons. The number of benzene rings is 2. The van der Waals surface area contributed by atoms with Gasteiger partial charge in [0.15, 0.2) is 5.69 Å². The second kappa shape index (κ2) is 12.2. The van der Waals surface area contributed by atoms with Crippen molar-refractivity contribution >= 4 is 11.8 Å². The van der Waals surface area contributed by atoms with Crippen molar-refractivity contribution in [2.45, 2.75) is 63.0 Å². The van der Waals surface area contributed by atoms with E-state index in [1.165, 1.54) is 19.9 Å². The van der Waals surface area contributed by atoms with E-state index in [0.717, 1.165) is 12.1 Å². The molecule has 3 N–H and O–H groups in total. The minimum Gasteiger partial charge on any atom is -0.378 e. The number of carbonyl (C=O) groups excluding carboxylic acids is 2. The number of hydrogen-bond donors (Lipinski definition) is 3. The average Bonchev–Trinajstić information content (AvgIpc) is 3.63. The van der Waals surface area contributed by atoms with Crippen molar-refractivity contribution in [2.24, 2.45) is 5.92 Å². The number of carbonyl (C=O) groups is 2. The van der Waals surface area contributed by atoms with Crippen molar-refractivity contribution in [1.29, 1.82) is 0 Å². The predicted octanol–water partition coefficient (Wildman–Crippen LogP) is 5.53. The van der Waals surface area contributed by atoms with Crippen LogP contribution in [0.1, 0.15) is 75.6 Å². The molecule has 3 heterocycles. The molecule has 2 aromatic heterocycles. The van der Waals surface area contributed by atoms with E-state index in [1.807, 2.05) is 0 Å². The van der Waals surface area contributed by atoms with Gasteiger partial charge in [-0.15, -0.1) is 0 Å². The van der Waals surface area contributed by atoms with Crippen LogP contribution in [0.2, 0.25) is 0 Å². The van der Waals surface area contributed by atoms with Gasteiger partial charge in [0.25, 0.3) is 5.91 Å². The Hall–Kier alpha value is -5.67. The van der Waals surface area contributed by atoms with Gasteiger partial charge in [-0.2, -0.15) is 27.1 Å². The third kappa shape index (κ3) is 6.26. The Morgan fingerprint density at radius 2 is 1.81 bits per heavy atom. The Morgan fingerprint density at radius 3 is 2.46 bits per heavy atom. The third-order valence-electron chi connectivity index (χ3n) is 8.88. The minimum atomic E-state index is -5.12. The van der Waals surface area contributed by atoms with Gasteiger partial charge in [-0.3, -0.25) is 14.3 Å². The summed E-state index contributed by atoms with van der Waals surface area (Å²) < 4.78 is 102. The Bertz CT molecular complexity index is 2280. The largest absolute Gasteiger partial charge is 0.435 e. The summed E-state index contributed by atoms with van der Waals surface area (Å²) in [6.07, 6.45) is -5.46. The van der Waals surface area contributed by atoms with Crippen molar-refractivity contribution in [3.63, 3.8) is 0 Å². The van der Waals surface area contributed by atoms with E-state index in [4.69, 9.17) is 0 Å². The molecule has 0 fully saturated rings. The first-order chi connectivity index (χ1) is 24.4. The summed E-state index contributed by atoms with van der Waals surface area (Å²) >= 11 is 0. The highest BCUT2D eigenvalue weighted by Crippen LogP contribution is 2.58. The topological polar surface area (TPSA) is 109 Å². The zero-order chi connectivity index (χ0) is 37.3. The third-order valence-corrected chi connectivity index (χ3v) is 8.88. The predicted molar refractivity (Wildman–Crippen MR) is 170 cm³/mol. The molecule has 1 aliphatic heterocycles. The second-order valence-corrected chi connectivity index (χ2v) is 13.2. The lowest BCUT2D eigenvalue weighted by Crippen LogP contribution is -2.36. The molecule has 3 aliphatic rings. The summed E-state index contributed by atoms with van der Waals surface area (Å²) in [7, 11) is 0. The molecule has 0 bridgehead atoms. The fourth-order valence-corrected chi connectivity index (χ4v) is 6.70. The van der Waals surface area contributed by atoms with Crippen LogP contribution in [0.4, 0.5) is 30.7 Å². The summed E-state index contributed by atoms with van der Waals surface area (Å²) in [6, 6.07) is 9.37. The number of aliphatic hydroxyl groups is 1. The van der Waals surface area contributed by atoms with Crippen LogP contribution in [-0.4, -0.2) is 37.3 Å². The highest BCUT2D eigenvalue weighted by molar-refractivity contribution is 6.00. The smallest absolute Gasteiger partial charge is 0.378 e. The van der Waals surface area contributed by atoms with Crippen LogP contribution in [0, 0.1) is 41.2 Å². The summed E-state index contributed by atoms with van der Waals surface area (Å²) in [5, 5.41) is 19.0. The summed E-state index contributed by atoms with van der Waals surface area (Å²) in [6.45, 7) is 1.92. The first-order valence-electron chi connectivity index (χ1n) is 15.9. The van der Waals surface area contributed by atoms with Gasteiger partial charge in [-0.1, -0.05) is 29.9 Å². The molecule has 2 amide bonds. The number of amides is 2. The molecule has 7 rings (SSSR count). The zero-order valence-electron chi connectivity index (χ0n) is 27.2. The van der Waals surface area contributed by atoms with Crippen LogP contribution < -0.4 is 10.6 Å². The molecule has 4 aromatic rings. The number of hydrogen-bond acceptors (Lipinski definition) is 5. The molecular formula is C37H26F7N5O3. The maximum absolute atomic E-state index is 15.4. The van der Waals surface area contributed by atoms with Crippen LogP contribution in [0.15, 0.2) is 48.5 Å². The van der Waals surface area contributed by atoms with E-state index in [1.54, 1.807) is 24.3 Å². The van der Waals surface area contributed by atoms with Gasteiger partial charge in [0.2, 0.25) is 5.91 Å². The molecule has 15 heteroatoms. The van der Waals surface area contributed by atoms with Crippen LogP contribution in [0.5, 0.6) is 0 Å². The lowest BCUT2D eigenvalue weighted by atomic mass is 9.84. The van der Waals surface area contributed by atoms with Crippen molar-refractivity contribution < 1.29 is 45.4 Å². The second-order valence-electron chi connectivity index (χ2n) is 13.2. The van der Waals surface area contributed by atoms with E-state index in [9.17, 15) is 36.6 Å². The number of aromatic nitrogens is 3. The highest BCUT2D eigenvalue weighted by Gasteiger charge is 2.62. The number of pyridine rings is 1. The van der Waals surface area contributed by atoms with Crippen LogP contribution in [0.25, 0.3) is 11.1 Å². The lowest BCUT2D eigenvalue weighted by Gasteiger charge is -2.24. The average molecular weight is 722 g/mol. The molecule has 3 atom stereocenters. The Kier molecular flexibility index (Phi) is 8.18. The van der Waals surface area contributed by atoms with Gasteiger partial charge < -0.3 is 15.7 Å². The van der Waals surface area contributed by atoms with E-state index < -0.39 is 76.6 Å². The lowest BCUT2D eigenvalue weighted by molar-refractivity contribution is -0.142. The number of fused-ring (bicyclic) bond motifs is 4. The standard InChI is InChI=1S/C37H26F7N5O3/c1-35(2,52)11-10-21-6-7-23(22-4-3-5-24-26(22)16-45-34(24)51)31(46-21)28(14-18-12-19(38)15-20(39)13-18)47-29(50)17-49-33-30(32(48-49)37(42,43)44)25-8-9-27(25)36(33,40)41/h3-7,12-13,15,25,27-28,52H,14,16-17H2,1-2H3,(H,45,51)(H,47,50)/t25-,27+,28-/m0/s1. The van der Waals surface area contributed by atoms with Gasteiger partial charge in [0.05, 0.1) is 17.7 Å². The molecule has 0 unspecified atom stereocenters. The molecule has 2 aromatic carbocycles. The number of nitrogens with one attached hydrogen (secondary N) is 2. The Morgan fingerprint density at radius 1 is 1.10 bits per heavy atom.